The van der Waals surface area contributed by atoms with Gasteiger partial charge in [0.25, 0.3) is 5.92 Å². The quantitative estimate of drug-likeness (QED) is 0.733. The zero-order chi connectivity index (χ0) is 16.9. The summed E-state index contributed by atoms with van der Waals surface area (Å²) in [6, 6.07) is 1.21. The molecule has 24 heavy (non-hydrogen) atoms. The van der Waals surface area contributed by atoms with Crippen molar-refractivity contribution in [2.75, 3.05) is 6.61 Å². The van der Waals surface area contributed by atoms with Gasteiger partial charge in [-0.3, -0.25) is 9.38 Å². The van der Waals surface area contributed by atoms with E-state index in [1.165, 1.54) is 18.5 Å². The zero-order valence-corrected chi connectivity index (χ0v) is 12.6. The maximum Gasteiger partial charge on any atom is 0.255 e. The summed E-state index contributed by atoms with van der Waals surface area (Å²) >= 11 is 0. The third-order valence-electron chi connectivity index (χ3n) is 3.94. The first-order chi connectivity index (χ1) is 11.4. The number of aromatic nitrogens is 5. The van der Waals surface area contributed by atoms with Gasteiger partial charge in [0.2, 0.25) is 5.88 Å². The average Bonchev–Trinajstić information content (AvgIpc) is 3.00. The maximum absolute atomic E-state index is 14.1. The van der Waals surface area contributed by atoms with Crippen LogP contribution in [0.1, 0.15) is 12.2 Å². The van der Waals surface area contributed by atoms with E-state index in [1.807, 2.05) is 0 Å². The second kappa shape index (κ2) is 5.15. The lowest BCUT2D eigenvalue weighted by atomic mass is 10.2. The highest BCUT2D eigenvalue weighted by Gasteiger charge is 2.57. The van der Waals surface area contributed by atoms with Gasteiger partial charge in [-0.15, -0.1) is 10.2 Å². The molecule has 3 aromatic rings. The second-order valence-corrected chi connectivity index (χ2v) is 5.73. The second-order valence-electron chi connectivity index (χ2n) is 5.73. The van der Waals surface area contributed by atoms with Crippen molar-refractivity contribution in [3.63, 3.8) is 0 Å². The largest absolute Gasteiger partial charge is 0.475 e. The molecule has 9 heteroatoms. The minimum atomic E-state index is -2.70. The summed E-state index contributed by atoms with van der Waals surface area (Å²) in [7, 11) is 0. The Labute approximate surface area is 134 Å². The Bertz CT molecular complexity index is 927. The zero-order valence-electron chi connectivity index (χ0n) is 12.6. The van der Waals surface area contributed by atoms with Crippen LogP contribution in [0.3, 0.4) is 0 Å². The van der Waals surface area contributed by atoms with Crippen molar-refractivity contribution in [1.82, 2.24) is 24.6 Å². The van der Waals surface area contributed by atoms with E-state index in [9.17, 15) is 13.2 Å². The third-order valence-corrected chi connectivity index (χ3v) is 3.94. The fraction of sp³-hybridized carbons (Fsp3) is 0.333. The van der Waals surface area contributed by atoms with E-state index in [0.29, 0.717) is 22.7 Å². The number of alkyl halides is 2. The summed E-state index contributed by atoms with van der Waals surface area (Å²) in [5.41, 5.74) is 1.50. The molecule has 0 spiro atoms. The molecule has 1 fully saturated rings. The minimum absolute atomic E-state index is 0.227. The van der Waals surface area contributed by atoms with Crippen molar-refractivity contribution in [2.45, 2.75) is 19.3 Å². The van der Waals surface area contributed by atoms with Crippen LogP contribution < -0.4 is 4.74 Å². The van der Waals surface area contributed by atoms with Crippen LogP contribution in [0.5, 0.6) is 5.88 Å². The monoisotopic (exact) mass is 335 g/mol. The predicted molar refractivity (Wildman–Crippen MR) is 77.3 cm³/mol. The fourth-order valence-corrected chi connectivity index (χ4v) is 2.37. The average molecular weight is 335 g/mol. The minimum Gasteiger partial charge on any atom is -0.475 e. The number of ether oxygens (including phenoxy) is 1. The first-order valence-corrected chi connectivity index (χ1v) is 7.28. The van der Waals surface area contributed by atoms with Gasteiger partial charge in [0, 0.05) is 24.4 Å². The number of hydrogen-bond acceptors (Lipinski definition) is 5. The van der Waals surface area contributed by atoms with Crippen LogP contribution in [0.25, 0.3) is 16.9 Å². The molecular formula is C15H12F3N5O. The fourth-order valence-electron chi connectivity index (χ4n) is 2.37. The molecule has 0 saturated heterocycles. The first kappa shape index (κ1) is 14.9. The first-order valence-electron chi connectivity index (χ1n) is 7.28. The third kappa shape index (κ3) is 2.55. The van der Waals surface area contributed by atoms with Crippen molar-refractivity contribution in [1.29, 1.82) is 0 Å². The molecule has 4 rings (SSSR count). The highest BCUT2D eigenvalue weighted by atomic mass is 19.3. The SMILES string of the molecule is Cc1nnc2cnc(-c3cnc(OC[C@H]4CC4(F)F)c(F)c3)cn12. The van der Waals surface area contributed by atoms with Gasteiger partial charge >= 0.3 is 0 Å². The van der Waals surface area contributed by atoms with Gasteiger partial charge in [0.15, 0.2) is 11.5 Å². The van der Waals surface area contributed by atoms with Gasteiger partial charge in [-0.2, -0.15) is 0 Å². The van der Waals surface area contributed by atoms with Crippen LogP contribution in [-0.2, 0) is 0 Å². The molecule has 0 bridgehead atoms. The van der Waals surface area contributed by atoms with E-state index in [2.05, 4.69) is 20.2 Å². The van der Waals surface area contributed by atoms with E-state index in [1.54, 1.807) is 17.5 Å². The Morgan fingerprint density at radius 1 is 1.29 bits per heavy atom. The lowest BCUT2D eigenvalue weighted by Crippen LogP contribution is -2.07. The van der Waals surface area contributed by atoms with E-state index < -0.39 is 17.7 Å². The smallest absolute Gasteiger partial charge is 0.255 e. The van der Waals surface area contributed by atoms with Crippen LogP contribution in [0.4, 0.5) is 13.2 Å². The van der Waals surface area contributed by atoms with E-state index in [0.717, 1.165) is 0 Å². The number of aryl methyl sites for hydroxylation is 1. The summed E-state index contributed by atoms with van der Waals surface area (Å²) < 4.78 is 46.5. The Hall–Kier alpha value is -2.71. The van der Waals surface area contributed by atoms with Gasteiger partial charge < -0.3 is 4.74 Å². The van der Waals surface area contributed by atoms with Crippen LogP contribution in [0.15, 0.2) is 24.7 Å². The molecule has 0 unspecified atom stereocenters. The molecule has 0 radical (unpaired) electrons. The maximum atomic E-state index is 14.1. The molecule has 1 atom stereocenters. The number of pyridine rings is 1. The van der Waals surface area contributed by atoms with Gasteiger partial charge in [0.1, 0.15) is 5.82 Å². The van der Waals surface area contributed by atoms with Crippen molar-refractivity contribution in [3.05, 3.63) is 36.3 Å². The molecule has 0 aliphatic heterocycles. The van der Waals surface area contributed by atoms with E-state index >= 15 is 0 Å². The standard InChI is InChI=1S/C15H12F3N5O/c1-8-21-22-13-5-19-12(6-23(8)13)9-2-11(16)14(20-4-9)24-7-10-3-15(10,17)18/h2,4-6,10H,3,7H2,1H3/t10-/m1/s1. The summed E-state index contributed by atoms with van der Waals surface area (Å²) in [5.74, 6) is -3.90. The van der Waals surface area contributed by atoms with Crippen LogP contribution in [0.2, 0.25) is 0 Å². The number of halogens is 3. The van der Waals surface area contributed by atoms with E-state index in [4.69, 9.17) is 4.74 Å². The van der Waals surface area contributed by atoms with E-state index in [-0.39, 0.29) is 18.9 Å². The molecule has 0 aromatic carbocycles. The number of hydrogen-bond donors (Lipinski definition) is 0. The van der Waals surface area contributed by atoms with Crippen molar-refractivity contribution in [2.24, 2.45) is 5.92 Å². The van der Waals surface area contributed by atoms with Gasteiger partial charge in [-0.1, -0.05) is 0 Å². The Morgan fingerprint density at radius 3 is 2.79 bits per heavy atom. The predicted octanol–water partition coefficient (Wildman–Crippen LogP) is 2.67. The Kier molecular flexibility index (Phi) is 3.19. The Balaban J connectivity index is 1.57. The van der Waals surface area contributed by atoms with Gasteiger partial charge in [0.05, 0.1) is 24.4 Å². The highest BCUT2D eigenvalue weighted by molar-refractivity contribution is 5.59. The molecule has 1 saturated carbocycles. The van der Waals surface area contributed by atoms with Crippen molar-refractivity contribution >= 4 is 5.65 Å². The molecule has 1 aliphatic rings. The molecule has 6 nitrogen and oxygen atoms in total. The number of fused-ring (bicyclic) bond motifs is 1. The highest BCUT2D eigenvalue weighted by Crippen LogP contribution is 2.48. The molecule has 1 aliphatic carbocycles. The van der Waals surface area contributed by atoms with Crippen molar-refractivity contribution < 1.29 is 17.9 Å². The molecular weight excluding hydrogens is 323 g/mol. The lowest BCUT2D eigenvalue weighted by molar-refractivity contribution is 0.0842. The lowest BCUT2D eigenvalue weighted by Gasteiger charge is -2.07. The summed E-state index contributed by atoms with van der Waals surface area (Å²) in [6.07, 6.45) is 4.35. The molecule has 124 valence electrons. The summed E-state index contributed by atoms with van der Waals surface area (Å²) in [4.78, 5) is 8.06. The Morgan fingerprint density at radius 2 is 2.08 bits per heavy atom. The van der Waals surface area contributed by atoms with Crippen LogP contribution in [0, 0.1) is 18.7 Å². The number of rotatable bonds is 4. The molecule has 3 heterocycles. The summed E-state index contributed by atoms with van der Waals surface area (Å²) in [5, 5.41) is 7.85. The topological polar surface area (TPSA) is 65.2 Å². The molecule has 3 aromatic heterocycles. The van der Waals surface area contributed by atoms with Crippen LogP contribution in [-0.4, -0.2) is 37.1 Å². The van der Waals surface area contributed by atoms with Crippen molar-refractivity contribution in [3.8, 4) is 17.1 Å². The summed E-state index contributed by atoms with van der Waals surface area (Å²) in [6.45, 7) is 1.54. The van der Waals surface area contributed by atoms with Gasteiger partial charge in [-0.25, -0.2) is 18.2 Å². The number of nitrogens with zero attached hydrogens (tertiary/aromatic N) is 5. The van der Waals surface area contributed by atoms with Gasteiger partial charge in [-0.05, 0) is 13.0 Å². The molecule has 0 N–H and O–H groups in total. The molecule has 0 amide bonds. The van der Waals surface area contributed by atoms with Crippen LogP contribution >= 0.6 is 0 Å². The normalized spacial score (nSPS) is 18.8.